The Hall–Kier alpha value is -1.22. The Kier molecular flexibility index (Phi) is 5.30. The highest BCUT2D eigenvalue weighted by atomic mass is 35.5. The second kappa shape index (κ2) is 6.98. The van der Waals surface area contributed by atoms with E-state index in [0.29, 0.717) is 0 Å². The first-order valence-corrected chi connectivity index (χ1v) is 7.45. The van der Waals surface area contributed by atoms with Gasteiger partial charge in [-0.2, -0.15) is 0 Å². The molecule has 3 nitrogen and oxygen atoms in total. The van der Waals surface area contributed by atoms with E-state index in [-0.39, 0.29) is 12.4 Å². The van der Waals surface area contributed by atoms with Gasteiger partial charge in [-0.1, -0.05) is 25.0 Å². The number of halogens is 1. The molecule has 3 rings (SSSR count). The van der Waals surface area contributed by atoms with E-state index in [0.717, 1.165) is 31.4 Å². The summed E-state index contributed by atoms with van der Waals surface area (Å²) >= 11 is 0. The molecule has 0 unspecified atom stereocenters. The van der Waals surface area contributed by atoms with Crippen molar-refractivity contribution in [1.82, 2.24) is 5.32 Å². The van der Waals surface area contributed by atoms with Gasteiger partial charge in [-0.05, 0) is 42.9 Å². The van der Waals surface area contributed by atoms with E-state index >= 15 is 0 Å². The summed E-state index contributed by atoms with van der Waals surface area (Å²) in [7, 11) is 0. The average molecular weight is 294 g/mol. The van der Waals surface area contributed by atoms with Crippen molar-refractivity contribution < 1.29 is 0 Å². The number of benzene rings is 1. The van der Waals surface area contributed by atoms with Crippen molar-refractivity contribution >= 4 is 23.9 Å². The van der Waals surface area contributed by atoms with E-state index < -0.39 is 0 Å². The van der Waals surface area contributed by atoms with Crippen LogP contribution < -0.4 is 10.6 Å². The van der Waals surface area contributed by atoms with Crippen LogP contribution in [0.25, 0.3) is 0 Å². The quantitative estimate of drug-likeness (QED) is 0.891. The smallest absolute Gasteiger partial charge is 0.116 e. The molecule has 0 bridgehead atoms. The highest BCUT2D eigenvalue weighted by Crippen LogP contribution is 2.37. The summed E-state index contributed by atoms with van der Waals surface area (Å²) in [4.78, 5) is 4.42. The number of nitrogens with zero attached hydrogens (tertiary/aromatic N) is 1. The van der Waals surface area contributed by atoms with Gasteiger partial charge in [0.1, 0.15) is 5.84 Å². The number of amidine groups is 1. The molecule has 2 N–H and O–H groups in total. The highest BCUT2D eigenvalue weighted by Gasteiger charge is 2.19. The maximum Gasteiger partial charge on any atom is 0.116 e. The molecule has 1 fully saturated rings. The van der Waals surface area contributed by atoms with Crippen LogP contribution in [0, 0.1) is 6.92 Å². The Morgan fingerprint density at radius 1 is 1.30 bits per heavy atom. The van der Waals surface area contributed by atoms with E-state index in [9.17, 15) is 0 Å². The largest absolute Gasteiger partial charge is 0.378 e. The van der Waals surface area contributed by atoms with Gasteiger partial charge in [0.25, 0.3) is 0 Å². The van der Waals surface area contributed by atoms with Crippen LogP contribution in [0.2, 0.25) is 0 Å². The van der Waals surface area contributed by atoms with Crippen LogP contribution in [0.15, 0.2) is 23.2 Å². The van der Waals surface area contributed by atoms with Crippen molar-refractivity contribution in [3.8, 4) is 0 Å². The second-order valence-corrected chi connectivity index (χ2v) is 5.61. The Labute approximate surface area is 127 Å². The lowest BCUT2D eigenvalue weighted by Gasteiger charge is -2.17. The van der Waals surface area contributed by atoms with E-state index in [1.165, 1.54) is 36.9 Å². The molecule has 2 aliphatic rings. The third kappa shape index (κ3) is 3.26. The first-order valence-electron chi connectivity index (χ1n) is 7.45. The zero-order valence-corrected chi connectivity index (χ0v) is 12.9. The number of nitrogens with one attached hydrogen (secondary N) is 2. The molecule has 0 aromatic heterocycles. The summed E-state index contributed by atoms with van der Waals surface area (Å²) in [6, 6.07) is 6.68. The van der Waals surface area contributed by atoms with Crippen LogP contribution in [0.5, 0.6) is 0 Å². The number of aliphatic imine (C=N–C) groups is 1. The summed E-state index contributed by atoms with van der Waals surface area (Å²) in [5.74, 6) is 1.87. The fourth-order valence-electron chi connectivity index (χ4n) is 3.27. The Morgan fingerprint density at radius 3 is 2.80 bits per heavy atom. The van der Waals surface area contributed by atoms with Gasteiger partial charge in [0.2, 0.25) is 0 Å². The molecule has 1 aliphatic carbocycles. The standard InChI is InChI=1S/C16H23N3.ClH/c1-12-14(13-5-2-3-6-13)7-4-8-15(12)19-11-16-17-9-10-18-16;/h4,7-8,13,19H,2-3,5-6,9-11H2,1H3,(H,17,18);1H. The SMILES string of the molecule is Cc1c(NCC2=NCCN2)cccc1C1CCCC1.Cl. The van der Waals surface area contributed by atoms with Crippen molar-refractivity contribution in [3.05, 3.63) is 29.3 Å². The van der Waals surface area contributed by atoms with Gasteiger partial charge in [0, 0.05) is 12.2 Å². The van der Waals surface area contributed by atoms with E-state index in [1.807, 2.05) is 0 Å². The molecule has 1 aliphatic heterocycles. The van der Waals surface area contributed by atoms with Gasteiger partial charge in [0.05, 0.1) is 13.1 Å². The van der Waals surface area contributed by atoms with Crippen molar-refractivity contribution in [2.75, 3.05) is 25.0 Å². The molecule has 4 heteroatoms. The number of rotatable bonds is 4. The van der Waals surface area contributed by atoms with Gasteiger partial charge in [-0.25, -0.2) is 0 Å². The summed E-state index contributed by atoms with van der Waals surface area (Å²) in [6.07, 6.45) is 5.50. The van der Waals surface area contributed by atoms with E-state index in [2.05, 4.69) is 40.7 Å². The molecule has 0 saturated heterocycles. The number of hydrogen-bond acceptors (Lipinski definition) is 3. The Morgan fingerprint density at radius 2 is 2.10 bits per heavy atom. The van der Waals surface area contributed by atoms with Gasteiger partial charge < -0.3 is 10.6 Å². The normalized spacial score (nSPS) is 18.4. The maximum atomic E-state index is 4.42. The van der Waals surface area contributed by atoms with Crippen molar-refractivity contribution in [3.63, 3.8) is 0 Å². The maximum absolute atomic E-state index is 4.42. The minimum atomic E-state index is 0. The first kappa shape index (κ1) is 15.2. The summed E-state index contributed by atoms with van der Waals surface area (Å²) in [5.41, 5.74) is 4.23. The highest BCUT2D eigenvalue weighted by molar-refractivity contribution is 5.87. The molecule has 1 heterocycles. The number of anilines is 1. The molecule has 0 atom stereocenters. The summed E-state index contributed by atoms with van der Waals surface area (Å²) < 4.78 is 0. The molecule has 110 valence electrons. The first-order chi connectivity index (χ1) is 9.34. The van der Waals surface area contributed by atoms with E-state index in [4.69, 9.17) is 0 Å². The van der Waals surface area contributed by atoms with Gasteiger partial charge in [-0.3, -0.25) is 4.99 Å². The predicted octanol–water partition coefficient (Wildman–Crippen LogP) is 3.49. The molecular weight excluding hydrogens is 270 g/mol. The summed E-state index contributed by atoms with van der Waals surface area (Å²) in [5, 5.41) is 6.83. The topological polar surface area (TPSA) is 36.4 Å². The predicted molar refractivity (Wildman–Crippen MR) is 88.4 cm³/mol. The van der Waals surface area contributed by atoms with Crippen molar-refractivity contribution in [2.24, 2.45) is 4.99 Å². The lowest BCUT2D eigenvalue weighted by Crippen LogP contribution is -2.26. The van der Waals surface area contributed by atoms with E-state index in [1.54, 1.807) is 5.56 Å². The van der Waals surface area contributed by atoms with Crippen molar-refractivity contribution in [2.45, 2.75) is 38.5 Å². The zero-order valence-electron chi connectivity index (χ0n) is 12.1. The number of hydrogen-bond donors (Lipinski definition) is 2. The minimum absolute atomic E-state index is 0. The molecule has 0 radical (unpaired) electrons. The monoisotopic (exact) mass is 293 g/mol. The van der Waals surface area contributed by atoms with Gasteiger partial charge in [-0.15, -0.1) is 12.4 Å². The van der Waals surface area contributed by atoms with Crippen LogP contribution in [0.4, 0.5) is 5.69 Å². The fraction of sp³-hybridized carbons (Fsp3) is 0.562. The van der Waals surface area contributed by atoms with Crippen LogP contribution in [-0.4, -0.2) is 25.5 Å². The third-order valence-electron chi connectivity index (χ3n) is 4.36. The third-order valence-corrected chi connectivity index (χ3v) is 4.36. The molecule has 0 amide bonds. The molecule has 1 aromatic carbocycles. The zero-order chi connectivity index (χ0) is 13.1. The molecule has 0 spiro atoms. The van der Waals surface area contributed by atoms with Crippen LogP contribution >= 0.6 is 12.4 Å². The Balaban J connectivity index is 0.00000147. The minimum Gasteiger partial charge on any atom is -0.378 e. The molecule has 20 heavy (non-hydrogen) atoms. The molecular formula is C16H24ClN3. The molecule has 1 aromatic rings. The van der Waals surface area contributed by atoms with Crippen LogP contribution in [0.3, 0.4) is 0 Å². The van der Waals surface area contributed by atoms with Gasteiger partial charge in [0.15, 0.2) is 0 Å². The van der Waals surface area contributed by atoms with Crippen LogP contribution in [-0.2, 0) is 0 Å². The second-order valence-electron chi connectivity index (χ2n) is 5.61. The van der Waals surface area contributed by atoms with Gasteiger partial charge >= 0.3 is 0 Å². The lowest BCUT2D eigenvalue weighted by atomic mass is 9.92. The molecule has 1 saturated carbocycles. The Bertz CT molecular complexity index is 479. The van der Waals surface area contributed by atoms with Crippen molar-refractivity contribution in [1.29, 1.82) is 0 Å². The summed E-state index contributed by atoms with van der Waals surface area (Å²) in [6.45, 7) is 4.96. The fourth-order valence-corrected chi connectivity index (χ4v) is 3.27. The lowest BCUT2D eigenvalue weighted by molar-refractivity contribution is 0.718. The average Bonchev–Trinajstić information content (AvgIpc) is 3.11. The van der Waals surface area contributed by atoms with Crippen LogP contribution in [0.1, 0.15) is 42.7 Å².